The number of hydrogen-bond acceptors (Lipinski definition) is 13. The Balaban J connectivity index is 1.78. The zero-order valence-electron chi connectivity index (χ0n) is 28.0. The second-order valence-corrected chi connectivity index (χ2v) is 12.6. The molecule has 0 fully saturated rings. The van der Waals surface area contributed by atoms with Crippen molar-refractivity contribution in [2.24, 2.45) is 0 Å². The lowest BCUT2D eigenvalue weighted by molar-refractivity contribution is 0.117. The Hall–Kier alpha value is -5.61. The molecule has 0 aliphatic heterocycles. The molecule has 15 nitrogen and oxygen atoms in total. The minimum absolute atomic E-state index is 0.0468. The third kappa shape index (κ3) is 5.89. The highest BCUT2D eigenvalue weighted by Gasteiger charge is 2.47. The van der Waals surface area contributed by atoms with Gasteiger partial charge in [0.1, 0.15) is 45.9 Å². The maximum absolute atomic E-state index is 13.3. The van der Waals surface area contributed by atoms with Crippen molar-refractivity contribution in [3.8, 4) is 57.5 Å². The predicted molar refractivity (Wildman–Crippen MR) is 176 cm³/mol. The molecule has 0 aliphatic carbocycles. The molecule has 0 saturated heterocycles. The number of ether oxygens (including phenoxy) is 4. The number of para-hydroxylation sites is 2. The quantitative estimate of drug-likeness (QED) is 0.153. The van der Waals surface area contributed by atoms with Gasteiger partial charge in [-0.2, -0.15) is 8.42 Å². The highest BCUT2D eigenvalue weighted by Crippen LogP contribution is 2.45. The van der Waals surface area contributed by atoms with Crippen LogP contribution in [-0.4, -0.2) is 72.6 Å². The summed E-state index contributed by atoms with van der Waals surface area (Å²) in [7, 11) is 1.70. The third-order valence-electron chi connectivity index (χ3n) is 7.67. The first-order valence-corrected chi connectivity index (χ1v) is 16.6. The number of aromatic nitrogens is 6. The summed E-state index contributed by atoms with van der Waals surface area (Å²) in [6.45, 7) is 5.06. The monoisotopic (exact) mass is 690 g/mol. The van der Waals surface area contributed by atoms with E-state index in [4.69, 9.17) is 32.0 Å². The molecule has 0 amide bonds. The molecule has 4 aromatic heterocycles. The average Bonchev–Trinajstić information content (AvgIpc) is 3.89. The number of rotatable bonds is 12. The van der Waals surface area contributed by atoms with Crippen LogP contribution in [0.25, 0.3) is 34.5 Å². The number of methoxy groups -OCH3 is 4. The van der Waals surface area contributed by atoms with Crippen molar-refractivity contribution in [3.05, 3.63) is 83.8 Å². The average molecular weight is 691 g/mol. The van der Waals surface area contributed by atoms with Crippen molar-refractivity contribution in [1.29, 1.82) is 0 Å². The van der Waals surface area contributed by atoms with E-state index >= 15 is 0 Å². The standard InChI is InChI=1S/C33H34N6O9S/c1-19-15-17-25(46-19)29-34-36-31(38(29)27-21(42-4)11-9-12-22(27)43-5)33(3,48-49(8,40)41)32-37-35-30(26-18-16-20(2)47-26)39(32)28-23(44-6)13-10-14-24(28)45-7/h9-18H,1-8H3. The fourth-order valence-corrected chi connectivity index (χ4v) is 6.37. The summed E-state index contributed by atoms with van der Waals surface area (Å²) < 4.78 is 70.7. The van der Waals surface area contributed by atoms with Crippen LogP contribution in [-0.2, 0) is 19.9 Å². The van der Waals surface area contributed by atoms with Gasteiger partial charge in [-0.05, 0) is 69.3 Å². The van der Waals surface area contributed by atoms with Crippen molar-refractivity contribution in [2.45, 2.75) is 26.4 Å². The largest absolute Gasteiger partial charge is 0.494 e. The summed E-state index contributed by atoms with van der Waals surface area (Å²) in [6.07, 6.45) is 0.924. The Morgan fingerprint density at radius 3 is 1.27 bits per heavy atom. The number of aryl methyl sites for hydroxylation is 2. The summed E-state index contributed by atoms with van der Waals surface area (Å²) in [5, 5.41) is 18.1. The zero-order chi connectivity index (χ0) is 35.1. The van der Waals surface area contributed by atoms with Crippen LogP contribution in [0.3, 0.4) is 0 Å². The lowest BCUT2D eigenvalue weighted by Gasteiger charge is -2.29. The molecular formula is C33H34N6O9S. The molecule has 0 bridgehead atoms. The summed E-state index contributed by atoms with van der Waals surface area (Å²) in [4.78, 5) is 0. The molecule has 0 atom stereocenters. The Bertz CT molecular complexity index is 2070. The van der Waals surface area contributed by atoms with Crippen molar-refractivity contribution in [1.82, 2.24) is 29.5 Å². The number of hydrogen-bond donors (Lipinski definition) is 0. The van der Waals surface area contributed by atoms with Gasteiger partial charge >= 0.3 is 0 Å². The Morgan fingerprint density at radius 1 is 0.612 bits per heavy atom. The fraction of sp³-hybridized carbons (Fsp3) is 0.273. The minimum atomic E-state index is -4.28. The molecule has 0 radical (unpaired) electrons. The molecule has 0 unspecified atom stereocenters. The van der Waals surface area contributed by atoms with Crippen molar-refractivity contribution >= 4 is 10.1 Å². The van der Waals surface area contributed by atoms with Gasteiger partial charge in [0, 0.05) is 0 Å². The minimum Gasteiger partial charge on any atom is -0.494 e. The van der Waals surface area contributed by atoms with Gasteiger partial charge in [-0.3, -0.25) is 9.13 Å². The van der Waals surface area contributed by atoms with E-state index in [9.17, 15) is 8.42 Å². The van der Waals surface area contributed by atoms with Crippen LogP contribution in [0, 0.1) is 13.8 Å². The van der Waals surface area contributed by atoms with E-state index in [-0.39, 0.29) is 23.3 Å². The van der Waals surface area contributed by atoms with Crippen LogP contribution < -0.4 is 18.9 Å². The highest BCUT2D eigenvalue weighted by molar-refractivity contribution is 7.86. The van der Waals surface area contributed by atoms with Gasteiger partial charge in [-0.25, -0.2) is 4.18 Å². The Kier molecular flexibility index (Phi) is 8.68. The van der Waals surface area contributed by atoms with Gasteiger partial charge < -0.3 is 27.8 Å². The van der Waals surface area contributed by atoms with Gasteiger partial charge in [-0.1, -0.05) is 12.1 Å². The van der Waals surface area contributed by atoms with Gasteiger partial charge in [-0.15, -0.1) is 20.4 Å². The SMILES string of the molecule is COc1cccc(OC)c1-n1c(-c2ccc(C)o2)nnc1C(C)(OS(C)(=O)=O)c1nnc(-c2ccc(C)o2)n1-c1c(OC)cccc1OC. The molecule has 256 valence electrons. The summed E-state index contributed by atoms with van der Waals surface area (Å²) >= 11 is 0. The summed E-state index contributed by atoms with van der Waals surface area (Å²) in [5.41, 5.74) is -1.41. The van der Waals surface area contributed by atoms with Crippen LogP contribution in [0.4, 0.5) is 0 Å². The molecule has 4 heterocycles. The van der Waals surface area contributed by atoms with Crippen molar-refractivity contribution < 1.29 is 40.4 Å². The molecule has 0 spiro atoms. The molecule has 0 saturated carbocycles. The van der Waals surface area contributed by atoms with Crippen molar-refractivity contribution in [3.63, 3.8) is 0 Å². The van der Waals surface area contributed by atoms with Crippen LogP contribution in [0.15, 0.2) is 69.5 Å². The third-order valence-corrected chi connectivity index (χ3v) is 8.31. The first-order chi connectivity index (χ1) is 23.4. The molecule has 6 rings (SSSR count). The highest BCUT2D eigenvalue weighted by atomic mass is 32.2. The van der Waals surface area contributed by atoms with E-state index in [2.05, 4.69) is 20.4 Å². The van der Waals surface area contributed by atoms with E-state index in [1.165, 1.54) is 35.4 Å². The smallest absolute Gasteiger partial charge is 0.265 e. The van der Waals surface area contributed by atoms with Gasteiger partial charge in [0.25, 0.3) is 10.1 Å². The topological polar surface area (TPSA) is 168 Å². The van der Waals surface area contributed by atoms with Crippen LogP contribution in [0.1, 0.15) is 30.1 Å². The first-order valence-electron chi connectivity index (χ1n) is 14.8. The lowest BCUT2D eigenvalue weighted by atomic mass is 10.0. The van der Waals surface area contributed by atoms with Gasteiger partial charge in [0.2, 0.25) is 17.2 Å². The molecule has 49 heavy (non-hydrogen) atoms. The van der Waals surface area contributed by atoms with E-state index in [0.717, 1.165) is 6.26 Å². The molecule has 16 heteroatoms. The predicted octanol–water partition coefficient (Wildman–Crippen LogP) is 5.26. The maximum atomic E-state index is 13.3. The van der Waals surface area contributed by atoms with Crippen LogP contribution in [0.5, 0.6) is 23.0 Å². The van der Waals surface area contributed by atoms with Crippen LogP contribution in [0.2, 0.25) is 0 Å². The number of furan rings is 2. The second kappa shape index (κ2) is 12.8. The molecular weight excluding hydrogens is 656 g/mol. The Morgan fingerprint density at radius 2 is 0.980 bits per heavy atom. The molecule has 6 aromatic rings. The van der Waals surface area contributed by atoms with E-state index < -0.39 is 15.7 Å². The van der Waals surface area contributed by atoms with E-state index in [1.807, 2.05) is 0 Å². The summed E-state index contributed by atoms with van der Waals surface area (Å²) in [6, 6.07) is 17.3. The lowest BCUT2D eigenvalue weighted by Crippen LogP contribution is -2.36. The molecule has 0 N–H and O–H groups in total. The second-order valence-electron chi connectivity index (χ2n) is 11.0. The van der Waals surface area contributed by atoms with Gasteiger partial charge in [0.05, 0.1) is 34.7 Å². The molecule has 2 aromatic carbocycles. The van der Waals surface area contributed by atoms with E-state index in [0.29, 0.717) is 57.4 Å². The maximum Gasteiger partial charge on any atom is 0.265 e. The number of benzene rings is 2. The van der Waals surface area contributed by atoms with E-state index in [1.54, 1.807) is 83.6 Å². The van der Waals surface area contributed by atoms with Crippen molar-refractivity contribution in [2.75, 3.05) is 34.7 Å². The van der Waals surface area contributed by atoms with Gasteiger partial charge in [0.15, 0.2) is 23.2 Å². The normalized spacial score (nSPS) is 11.9. The zero-order valence-corrected chi connectivity index (χ0v) is 28.9. The fourth-order valence-electron chi connectivity index (χ4n) is 5.62. The number of nitrogens with zero attached hydrogens (tertiary/aromatic N) is 6. The van der Waals surface area contributed by atoms with Crippen LogP contribution >= 0.6 is 0 Å². The summed E-state index contributed by atoms with van der Waals surface area (Å²) in [5.74, 6) is 3.56. The molecule has 0 aliphatic rings. The first kappa shape index (κ1) is 33.3. The Labute approximate surface area is 282 Å².